The summed E-state index contributed by atoms with van der Waals surface area (Å²) in [6.45, 7) is 0. The zero-order valence-electron chi connectivity index (χ0n) is 15.4. The van der Waals surface area contributed by atoms with Crippen molar-refractivity contribution in [2.75, 3.05) is 5.33 Å². The van der Waals surface area contributed by atoms with Crippen molar-refractivity contribution >= 4 is 27.6 Å². The number of hydrogen-bond acceptors (Lipinski definition) is 3. The second-order valence-electron chi connectivity index (χ2n) is 6.73. The molecule has 0 radical (unpaired) electrons. The van der Waals surface area contributed by atoms with Crippen LogP contribution in [0.2, 0.25) is 0 Å². The Morgan fingerprint density at radius 1 is 0.923 bits per heavy atom. The van der Waals surface area contributed by atoms with Crippen LogP contribution in [0.5, 0.6) is 0 Å². The number of nitro groups is 1. The molecule has 0 saturated carbocycles. The molecular formula is C20H30BrNO4. The highest BCUT2D eigenvalue weighted by molar-refractivity contribution is 9.09. The van der Waals surface area contributed by atoms with Gasteiger partial charge in [-0.25, -0.2) is 0 Å². The number of rotatable bonds is 15. The van der Waals surface area contributed by atoms with Crippen molar-refractivity contribution in [1.29, 1.82) is 0 Å². The third kappa shape index (κ3) is 9.32. The van der Waals surface area contributed by atoms with Gasteiger partial charge in [0.25, 0.3) is 5.69 Å². The predicted octanol–water partition coefficient (Wildman–Crippen LogP) is 6.06. The van der Waals surface area contributed by atoms with E-state index in [1.165, 1.54) is 51.0 Å². The number of para-hydroxylation sites is 1. The van der Waals surface area contributed by atoms with E-state index in [0.29, 0.717) is 17.5 Å². The van der Waals surface area contributed by atoms with Crippen LogP contribution in [0.25, 0.3) is 0 Å². The maximum atomic E-state index is 11.3. The Morgan fingerprint density at radius 3 is 1.92 bits per heavy atom. The van der Waals surface area contributed by atoms with E-state index in [2.05, 4.69) is 15.9 Å². The first kappa shape index (κ1) is 22.6. The van der Waals surface area contributed by atoms with Gasteiger partial charge in [-0.05, 0) is 19.3 Å². The summed E-state index contributed by atoms with van der Waals surface area (Å²) in [7, 11) is 0. The highest BCUT2D eigenvalue weighted by Gasteiger charge is 2.20. The molecule has 5 nitrogen and oxygen atoms in total. The lowest BCUT2D eigenvalue weighted by Gasteiger charge is -2.07. The minimum Gasteiger partial charge on any atom is -0.481 e. The molecular weight excluding hydrogens is 398 g/mol. The zero-order valence-corrected chi connectivity index (χ0v) is 17.0. The molecule has 146 valence electrons. The number of aryl methyl sites for hydroxylation is 1. The largest absolute Gasteiger partial charge is 0.481 e. The van der Waals surface area contributed by atoms with E-state index in [4.69, 9.17) is 5.11 Å². The maximum absolute atomic E-state index is 11.3. The minimum atomic E-state index is -1.04. The van der Waals surface area contributed by atoms with Gasteiger partial charge >= 0.3 is 5.97 Å². The quantitative estimate of drug-likeness (QED) is 0.159. The van der Waals surface area contributed by atoms with Crippen molar-refractivity contribution in [3.63, 3.8) is 0 Å². The number of nitro benzene ring substituents is 1. The molecule has 0 amide bonds. The number of carboxylic acid groups (broad SMARTS) is 1. The Balaban J connectivity index is 2.28. The third-order valence-electron chi connectivity index (χ3n) is 4.56. The fraction of sp³-hybridized carbons (Fsp3) is 0.650. The summed E-state index contributed by atoms with van der Waals surface area (Å²) >= 11 is 3.45. The van der Waals surface area contributed by atoms with Crippen LogP contribution in [0.4, 0.5) is 5.69 Å². The summed E-state index contributed by atoms with van der Waals surface area (Å²) in [6.07, 6.45) is 12.4. The van der Waals surface area contributed by atoms with Crippen molar-refractivity contribution in [2.45, 2.75) is 77.0 Å². The molecule has 0 aliphatic carbocycles. The molecule has 1 aromatic carbocycles. The summed E-state index contributed by atoms with van der Waals surface area (Å²) in [5, 5.41) is 21.4. The normalized spacial score (nSPS) is 10.8. The van der Waals surface area contributed by atoms with Crippen molar-refractivity contribution in [3.05, 3.63) is 39.4 Å². The molecule has 0 aliphatic heterocycles. The number of alkyl halides is 1. The Bertz CT molecular complexity index is 563. The van der Waals surface area contributed by atoms with E-state index < -0.39 is 10.9 Å². The molecule has 0 heterocycles. The van der Waals surface area contributed by atoms with Gasteiger partial charge in [-0.3, -0.25) is 14.9 Å². The summed E-state index contributed by atoms with van der Waals surface area (Å²) in [6, 6.07) is 5.00. The van der Waals surface area contributed by atoms with E-state index in [1.807, 2.05) is 0 Å². The van der Waals surface area contributed by atoms with Gasteiger partial charge in [-0.2, -0.15) is 0 Å². The van der Waals surface area contributed by atoms with Gasteiger partial charge in [-0.1, -0.05) is 85.5 Å². The summed E-state index contributed by atoms with van der Waals surface area (Å²) in [5.41, 5.74) is 0.929. The van der Waals surface area contributed by atoms with E-state index in [9.17, 15) is 14.9 Å². The van der Waals surface area contributed by atoms with Gasteiger partial charge in [0.2, 0.25) is 0 Å². The molecule has 0 spiro atoms. The lowest BCUT2D eigenvalue weighted by Crippen LogP contribution is -2.06. The highest BCUT2D eigenvalue weighted by Crippen LogP contribution is 2.26. The second kappa shape index (κ2) is 13.7. The monoisotopic (exact) mass is 427 g/mol. The van der Waals surface area contributed by atoms with Crippen molar-refractivity contribution in [3.8, 4) is 0 Å². The number of aliphatic carboxylic acids is 1. The summed E-state index contributed by atoms with van der Waals surface area (Å²) < 4.78 is 0. The maximum Gasteiger partial charge on any atom is 0.308 e. The summed E-state index contributed by atoms with van der Waals surface area (Å²) in [4.78, 5) is 21.8. The highest BCUT2D eigenvalue weighted by atomic mass is 79.9. The van der Waals surface area contributed by atoms with Crippen LogP contribution in [-0.4, -0.2) is 21.3 Å². The average molecular weight is 428 g/mol. The number of nitrogens with zero attached hydrogens (tertiary/aromatic N) is 1. The van der Waals surface area contributed by atoms with Gasteiger partial charge in [-0.15, -0.1) is 0 Å². The second-order valence-corrected chi connectivity index (χ2v) is 7.52. The van der Waals surface area contributed by atoms with Crippen molar-refractivity contribution in [1.82, 2.24) is 0 Å². The van der Waals surface area contributed by atoms with E-state index in [1.54, 1.807) is 12.1 Å². The van der Waals surface area contributed by atoms with Crippen LogP contribution in [0.15, 0.2) is 18.2 Å². The van der Waals surface area contributed by atoms with Gasteiger partial charge < -0.3 is 5.11 Å². The molecule has 26 heavy (non-hydrogen) atoms. The predicted molar refractivity (Wildman–Crippen MR) is 108 cm³/mol. The molecule has 1 N–H and O–H groups in total. The molecule has 1 rings (SSSR count). The topological polar surface area (TPSA) is 80.4 Å². The third-order valence-corrected chi connectivity index (χ3v) is 5.12. The Kier molecular flexibility index (Phi) is 11.9. The van der Waals surface area contributed by atoms with E-state index in [0.717, 1.165) is 24.6 Å². The zero-order chi connectivity index (χ0) is 19.2. The first-order valence-corrected chi connectivity index (χ1v) is 10.7. The Labute approximate surface area is 164 Å². The minimum absolute atomic E-state index is 0.0154. The molecule has 0 aromatic heterocycles. The van der Waals surface area contributed by atoms with E-state index in [-0.39, 0.29) is 12.1 Å². The standard InChI is InChI=1S/C20H30BrNO4/c21-15-10-8-6-4-2-1-3-5-7-9-12-17-13-11-14-18(16-19(23)24)20(17)22(25)26/h11,13-14H,1-10,12,15-16H2,(H,23,24). The summed E-state index contributed by atoms with van der Waals surface area (Å²) in [5.74, 6) is -1.04. The van der Waals surface area contributed by atoms with Crippen LogP contribution in [0.1, 0.15) is 75.3 Å². The van der Waals surface area contributed by atoms with Gasteiger partial charge in [0, 0.05) is 16.5 Å². The average Bonchev–Trinajstić information content (AvgIpc) is 2.59. The van der Waals surface area contributed by atoms with Crippen LogP contribution in [0, 0.1) is 10.1 Å². The smallest absolute Gasteiger partial charge is 0.308 e. The molecule has 0 atom stereocenters. The van der Waals surface area contributed by atoms with E-state index >= 15 is 0 Å². The number of hydrogen-bond donors (Lipinski definition) is 1. The number of benzene rings is 1. The molecule has 0 saturated heterocycles. The molecule has 0 aliphatic rings. The van der Waals surface area contributed by atoms with Crippen molar-refractivity contribution < 1.29 is 14.8 Å². The fourth-order valence-corrected chi connectivity index (χ4v) is 3.61. The van der Waals surface area contributed by atoms with Crippen LogP contribution in [0.3, 0.4) is 0 Å². The number of halogens is 1. The molecule has 0 fully saturated rings. The Hall–Kier alpha value is -1.43. The molecule has 0 bridgehead atoms. The molecule has 6 heteroatoms. The lowest BCUT2D eigenvalue weighted by molar-refractivity contribution is -0.386. The first-order valence-electron chi connectivity index (χ1n) is 9.59. The SMILES string of the molecule is O=C(O)Cc1cccc(CCCCCCCCCCCCBr)c1[N+](=O)[O-]. The van der Waals surface area contributed by atoms with Gasteiger partial charge in [0.1, 0.15) is 0 Å². The lowest BCUT2D eigenvalue weighted by atomic mass is 9.99. The van der Waals surface area contributed by atoms with Crippen molar-refractivity contribution in [2.24, 2.45) is 0 Å². The van der Waals surface area contributed by atoms with Gasteiger partial charge in [0.15, 0.2) is 0 Å². The fourth-order valence-electron chi connectivity index (χ4n) is 3.21. The van der Waals surface area contributed by atoms with Crippen LogP contribution < -0.4 is 0 Å². The molecule has 0 unspecified atom stereocenters. The van der Waals surface area contributed by atoms with Crippen LogP contribution in [-0.2, 0) is 17.6 Å². The number of carboxylic acids is 1. The van der Waals surface area contributed by atoms with Gasteiger partial charge in [0.05, 0.1) is 11.3 Å². The first-order chi connectivity index (χ1) is 12.6. The Morgan fingerprint density at radius 2 is 1.42 bits per heavy atom. The van der Waals surface area contributed by atoms with Crippen LogP contribution >= 0.6 is 15.9 Å². The number of unbranched alkanes of at least 4 members (excludes halogenated alkanes) is 9. The number of carbonyl (C=O) groups is 1. The molecule has 1 aromatic rings.